The molecule has 8 nitrogen and oxygen atoms in total. The molecular weight excluding hydrogens is 344 g/mol. The Bertz CT molecular complexity index is 1030. The highest BCUT2D eigenvalue weighted by Crippen LogP contribution is 2.22. The van der Waals surface area contributed by atoms with Crippen LogP contribution in [0.25, 0.3) is 11.4 Å². The number of hydrogen-bond donors (Lipinski definition) is 2. The van der Waals surface area contributed by atoms with Crippen LogP contribution >= 0.6 is 0 Å². The molecule has 0 fully saturated rings. The fraction of sp³-hybridized carbons (Fsp3) is 0.0625. The summed E-state index contributed by atoms with van der Waals surface area (Å²) in [5.41, 5.74) is 6.33. The molecule has 0 aliphatic heterocycles. The monoisotopic (exact) mass is 358 g/mol. The van der Waals surface area contributed by atoms with Crippen LogP contribution in [0.15, 0.2) is 57.9 Å². The number of aryl methyl sites for hydroxylation is 1. The van der Waals surface area contributed by atoms with Crippen molar-refractivity contribution in [1.29, 1.82) is 0 Å². The van der Waals surface area contributed by atoms with E-state index in [1.54, 1.807) is 31.2 Å². The Morgan fingerprint density at radius 1 is 1.16 bits per heavy atom. The summed E-state index contributed by atoms with van der Waals surface area (Å²) >= 11 is 0. The van der Waals surface area contributed by atoms with E-state index in [0.717, 1.165) is 0 Å². The molecule has 1 heterocycles. The van der Waals surface area contributed by atoms with Crippen molar-refractivity contribution in [3.8, 4) is 11.4 Å². The molecule has 3 aromatic rings. The number of nitrogens with zero attached hydrogens (tertiary/aromatic N) is 2. The van der Waals surface area contributed by atoms with E-state index in [1.807, 2.05) is 0 Å². The number of hydrogen-bond acceptors (Lipinski definition) is 6. The van der Waals surface area contributed by atoms with Crippen molar-refractivity contribution in [2.45, 2.75) is 11.8 Å². The lowest BCUT2D eigenvalue weighted by molar-refractivity contribution is 0.1000. The Labute approximate surface area is 143 Å². The summed E-state index contributed by atoms with van der Waals surface area (Å²) in [5, 5.41) is 3.80. The summed E-state index contributed by atoms with van der Waals surface area (Å²) in [7, 11) is -3.82. The largest absolute Gasteiger partial charge is 0.366 e. The van der Waals surface area contributed by atoms with Gasteiger partial charge in [0, 0.05) is 23.7 Å². The topological polar surface area (TPSA) is 128 Å². The third-order valence-electron chi connectivity index (χ3n) is 3.35. The van der Waals surface area contributed by atoms with Gasteiger partial charge in [0.15, 0.2) is 0 Å². The van der Waals surface area contributed by atoms with Crippen molar-refractivity contribution in [3.63, 3.8) is 0 Å². The molecule has 0 spiro atoms. The molecule has 0 unspecified atom stereocenters. The molecule has 0 atom stereocenters. The highest BCUT2D eigenvalue weighted by Gasteiger charge is 2.15. The Hall–Kier alpha value is -3.20. The molecule has 0 saturated heterocycles. The molecule has 1 amide bonds. The quantitative estimate of drug-likeness (QED) is 0.717. The van der Waals surface area contributed by atoms with Crippen LogP contribution in [0.2, 0.25) is 0 Å². The average Bonchev–Trinajstić information content (AvgIpc) is 3.01. The number of carbonyl (C=O) groups is 1. The molecule has 0 bridgehead atoms. The van der Waals surface area contributed by atoms with E-state index < -0.39 is 15.9 Å². The van der Waals surface area contributed by atoms with Gasteiger partial charge in [-0.05, 0) is 36.4 Å². The molecule has 0 aliphatic carbocycles. The second-order valence-electron chi connectivity index (χ2n) is 5.21. The molecular formula is C16H14N4O4S. The smallest absolute Gasteiger partial charge is 0.261 e. The van der Waals surface area contributed by atoms with E-state index in [-0.39, 0.29) is 10.5 Å². The van der Waals surface area contributed by atoms with E-state index >= 15 is 0 Å². The normalized spacial score (nSPS) is 11.2. The first-order valence-corrected chi connectivity index (χ1v) is 8.67. The predicted molar refractivity (Wildman–Crippen MR) is 90.2 cm³/mol. The highest BCUT2D eigenvalue weighted by atomic mass is 32.2. The van der Waals surface area contributed by atoms with Gasteiger partial charge in [0.05, 0.1) is 4.90 Å². The fourth-order valence-corrected chi connectivity index (χ4v) is 3.20. The first-order chi connectivity index (χ1) is 11.8. The fourth-order valence-electron chi connectivity index (χ4n) is 2.15. The minimum atomic E-state index is -3.82. The number of amides is 1. The molecule has 25 heavy (non-hydrogen) atoms. The van der Waals surface area contributed by atoms with Crippen molar-refractivity contribution in [3.05, 3.63) is 60.0 Å². The minimum Gasteiger partial charge on any atom is -0.366 e. The third kappa shape index (κ3) is 3.66. The van der Waals surface area contributed by atoms with Crippen molar-refractivity contribution in [2.24, 2.45) is 5.73 Å². The summed E-state index contributed by atoms with van der Waals surface area (Å²) in [5.74, 6) is 0.153. The van der Waals surface area contributed by atoms with Crippen LogP contribution in [-0.2, 0) is 10.0 Å². The number of nitrogens with one attached hydrogen (secondary N) is 1. The number of benzene rings is 2. The van der Waals surface area contributed by atoms with Gasteiger partial charge in [0.25, 0.3) is 10.0 Å². The van der Waals surface area contributed by atoms with Gasteiger partial charge >= 0.3 is 0 Å². The van der Waals surface area contributed by atoms with Crippen molar-refractivity contribution >= 4 is 21.6 Å². The zero-order valence-electron chi connectivity index (χ0n) is 13.1. The third-order valence-corrected chi connectivity index (χ3v) is 4.75. The number of rotatable bonds is 5. The van der Waals surface area contributed by atoms with Crippen LogP contribution in [0.5, 0.6) is 0 Å². The van der Waals surface area contributed by atoms with E-state index in [1.165, 1.54) is 24.3 Å². The predicted octanol–water partition coefficient (Wildman–Crippen LogP) is 1.94. The van der Waals surface area contributed by atoms with Gasteiger partial charge in [-0.15, -0.1) is 0 Å². The lowest BCUT2D eigenvalue weighted by Gasteiger charge is -2.09. The summed E-state index contributed by atoms with van der Waals surface area (Å²) in [6.07, 6.45) is 0. The van der Waals surface area contributed by atoms with Crippen molar-refractivity contribution in [1.82, 2.24) is 10.1 Å². The number of anilines is 1. The Morgan fingerprint density at radius 2 is 1.88 bits per heavy atom. The summed E-state index contributed by atoms with van der Waals surface area (Å²) in [6, 6.07) is 12.0. The summed E-state index contributed by atoms with van der Waals surface area (Å²) < 4.78 is 32.3. The highest BCUT2D eigenvalue weighted by molar-refractivity contribution is 7.92. The first-order valence-electron chi connectivity index (χ1n) is 7.18. The zero-order valence-corrected chi connectivity index (χ0v) is 13.9. The molecule has 9 heteroatoms. The Kier molecular flexibility index (Phi) is 4.24. The second kappa shape index (κ2) is 6.36. The van der Waals surface area contributed by atoms with E-state index in [2.05, 4.69) is 14.9 Å². The average molecular weight is 358 g/mol. The number of carbonyl (C=O) groups excluding carboxylic acids is 1. The lowest BCUT2D eigenvalue weighted by Crippen LogP contribution is -2.14. The van der Waals surface area contributed by atoms with Gasteiger partial charge in [0.2, 0.25) is 17.6 Å². The Morgan fingerprint density at radius 3 is 2.48 bits per heavy atom. The van der Waals surface area contributed by atoms with Crippen LogP contribution in [0.4, 0.5) is 5.69 Å². The van der Waals surface area contributed by atoms with Gasteiger partial charge < -0.3 is 10.3 Å². The van der Waals surface area contributed by atoms with E-state index in [9.17, 15) is 13.2 Å². The molecule has 2 aromatic carbocycles. The minimum absolute atomic E-state index is 0.0123. The van der Waals surface area contributed by atoms with Gasteiger partial charge in [0.1, 0.15) is 0 Å². The number of aromatic nitrogens is 2. The molecule has 0 aliphatic rings. The first kappa shape index (κ1) is 16.7. The van der Waals surface area contributed by atoms with Gasteiger partial charge in [-0.3, -0.25) is 9.52 Å². The maximum absolute atomic E-state index is 12.5. The molecule has 3 rings (SSSR count). The molecule has 0 saturated carbocycles. The van der Waals surface area contributed by atoms with Crippen LogP contribution < -0.4 is 10.5 Å². The zero-order chi connectivity index (χ0) is 18.0. The SMILES string of the molecule is Cc1nc(-c2cccc(NS(=O)(=O)c3ccc(C(N)=O)cc3)c2)no1. The standard InChI is InChI=1S/C16H14N4O4S/c1-10-18-16(19-24-10)12-3-2-4-13(9-12)20-25(22,23)14-7-5-11(6-8-14)15(17)21/h2-9,20H,1H3,(H2,17,21). The Balaban J connectivity index is 1.87. The van der Waals surface area contributed by atoms with Crippen LogP contribution in [0.3, 0.4) is 0 Å². The van der Waals surface area contributed by atoms with Crippen LogP contribution in [-0.4, -0.2) is 24.5 Å². The maximum Gasteiger partial charge on any atom is 0.261 e. The van der Waals surface area contributed by atoms with Crippen molar-refractivity contribution in [2.75, 3.05) is 4.72 Å². The molecule has 3 N–H and O–H groups in total. The summed E-state index contributed by atoms with van der Waals surface area (Å²) in [6.45, 7) is 1.67. The van der Waals surface area contributed by atoms with E-state index in [0.29, 0.717) is 23.0 Å². The number of primary amides is 1. The lowest BCUT2D eigenvalue weighted by atomic mass is 10.2. The number of nitrogens with two attached hydrogens (primary N) is 1. The maximum atomic E-state index is 12.5. The second-order valence-corrected chi connectivity index (χ2v) is 6.89. The van der Waals surface area contributed by atoms with E-state index in [4.69, 9.17) is 10.3 Å². The van der Waals surface area contributed by atoms with Gasteiger partial charge in [-0.1, -0.05) is 17.3 Å². The van der Waals surface area contributed by atoms with Gasteiger partial charge in [-0.25, -0.2) is 8.42 Å². The summed E-state index contributed by atoms with van der Waals surface area (Å²) in [4.78, 5) is 15.2. The molecule has 128 valence electrons. The molecule has 1 aromatic heterocycles. The van der Waals surface area contributed by atoms with Crippen LogP contribution in [0, 0.1) is 6.92 Å². The van der Waals surface area contributed by atoms with Crippen LogP contribution in [0.1, 0.15) is 16.2 Å². The van der Waals surface area contributed by atoms with Crippen molar-refractivity contribution < 1.29 is 17.7 Å². The van der Waals surface area contributed by atoms with Gasteiger partial charge in [-0.2, -0.15) is 4.98 Å². The molecule has 0 radical (unpaired) electrons. The number of sulfonamides is 1.